The van der Waals surface area contributed by atoms with Gasteiger partial charge >= 0.3 is 11.8 Å². The molecule has 0 bridgehead atoms. The molecular formula is C19H33F2N3O7Si. The normalized spacial score (nSPS) is 23.5. The average molecular weight is 482 g/mol. The maximum atomic E-state index is 14.7. The molecule has 184 valence electrons. The largest absolute Gasteiger partial charge is 0.447 e. The molecule has 1 unspecified atom stereocenters. The Bertz CT molecular complexity index is 819. The minimum Gasteiger partial charge on any atom is -0.447 e. The SMILES string of the molecule is COCCOC(=O)Nc1ccn([C@@H]2O[C@H](CO[Si](C)(C)C(C)(C)C)[C@@H](O)C2F)c(=O)n1.F. The molecule has 4 atom stereocenters. The summed E-state index contributed by atoms with van der Waals surface area (Å²) >= 11 is 0. The van der Waals surface area contributed by atoms with E-state index in [1.165, 1.54) is 19.4 Å². The second-order valence-electron chi connectivity index (χ2n) is 8.83. The highest BCUT2D eigenvalue weighted by atomic mass is 28.4. The van der Waals surface area contributed by atoms with Gasteiger partial charge in [-0.15, -0.1) is 0 Å². The first-order valence-electron chi connectivity index (χ1n) is 10.0. The Morgan fingerprint density at radius 2 is 2.03 bits per heavy atom. The maximum absolute atomic E-state index is 14.7. The third-order valence-corrected chi connectivity index (χ3v) is 10.1. The third-order valence-electron chi connectivity index (χ3n) is 5.56. The zero-order valence-corrected chi connectivity index (χ0v) is 20.2. The number of nitrogens with zero attached hydrogens (tertiary/aromatic N) is 2. The van der Waals surface area contributed by atoms with E-state index >= 15 is 0 Å². The van der Waals surface area contributed by atoms with E-state index in [2.05, 4.69) is 31.1 Å². The molecular weight excluding hydrogens is 448 g/mol. The van der Waals surface area contributed by atoms with E-state index < -0.39 is 44.7 Å². The van der Waals surface area contributed by atoms with E-state index in [1.807, 2.05) is 13.1 Å². The number of hydrogen-bond acceptors (Lipinski definition) is 8. The molecule has 1 aliphatic heterocycles. The highest BCUT2D eigenvalue weighted by molar-refractivity contribution is 6.74. The molecule has 1 amide bonds. The second kappa shape index (κ2) is 11.3. The highest BCUT2D eigenvalue weighted by Crippen LogP contribution is 2.38. The van der Waals surface area contributed by atoms with Crippen molar-refractivity contribution in [3.63, 3.8) is 0 Å². The van der Waals surface area contributed by atoms with Crippen LogP contribution in [-0.2, 0) is 18.6 Å². The van der Waals surface area contributed by atoms with Crippen molar-refractivity contribution in [3.05, 3.63) is 22.7 Å². The first kappa shape index (κ1) is 28.1. The maximum Gasteiger partial charge on any atom is 0.412 e. The Hall–Kier alpha value is -1.93. The predicted molar refractivity (Wildman–Crippen MR) is 116 cm³/mol. The van der Waals surface area contributed by atoms with Crippen molar-refractivity contribution in [3.8, 4) is 0 Å². The summed E-state index contributed by atoms with van der Waals surface area (Å²) in [6.45, 7) is 10.6. The highest BCUT2D eigenvalue weighted by Gasteiger charge is 2.47. The molecule has 1 fully saturated rings. The Labute approximate surface area is 186 Å². The summed E-state index contributed by atoms with van der Waals surface area (Å²) in [5.41, 5.74) is -0.847. The Morgan fingerprint density at radius 3 is 2.59 bits per heavy atom. The topological polar surface area (TPSA) is 121 Å². The summed E-state index contributed by atoms with van der Waals surface area (Å²) in [5.74, 6) is -0.0598. The van der Waals surface area contributed by atoms with Gasteiger partial charge in [-0.1, -0.05) is 20.8 Å². The van der Waals surface area contributed by atoms with E-state index in [1.54, 1.807) is 0 Å². The fourth-order valence-electron chi connectivity index (χ4n) is 2.61. The molecule has 1 aromatic rings. The number of nitrogens with one attached hydrogen (secondary N) is 1. The molecule has 0 aliphatic carbocycles. The number of ether oxygens (including phenoxy) is 3. The van der Waals surface area contributed by atoms with Crippen molar-refractivity contribution in [1.82, 2.24) is 9.55 Å². The number of carbonyl (C=O) groups excluding carboxylic acids is 1. The number of carbonyl (C=O) groups is 1. The number of aromatic nitrogens is 2. The van der Waals surface area contributed by atoms with Gasteiger partial charge in [0.05, 0.1) is 13.2 Å². The summed E-state index contributed by atoms with van der Waals surface area (Å²) in [6.07, 6.45) is -5.14. The van der Waals surface area contributed by atoms with Gasteiger partial charge in [0.25, 0.3) is 0 Å². The van der Waals surface area contributed by atoms with Gasteiger partial charge in [-0.05, 0) is 24.2 Å². The van der Waals surface area contributed by atoms with Gasteiger partial charge < -0.3 is 23.7 Å². The fraction of sp³-hybridized carbons (Fsp3) is 0.737. The molecule has 1 aliphatic rings. The van der Waals surface area contributed by atoms with Crippen LogP contribution in [0.15, 0.2) is 17.1 Å². The van der Waals surface area contributed by atoms with Crippen LogP contribution in [0.2, 0.25) is 18.1 Å². The smallest absolute Gasteiger partial charge is 0.412 e. The Balaban J connectivity index is 0.00000512. The van der Waals surface area contributed by atoms with Crippen LogP contribution in [-0.4, -0.2) is 74.4 Å². The first-order chi connectivity index (χ1) is 14.4. The number of alkyl halides is 1. The van der Waals surface area contributed by atoms with Crippen LogP contribution in [0.3, 0.4) is 0 Å². The molecule has 2 rings (SSSR count). The van der Waals surface area contributed by atoms with Gasteiger partial charge in [-0.3, -0.25) is 14.6 Å². The molecule has 0 saturated carbocycles. The van der Waals surface area contributed by atoms with E-state index in [0.29, 0.717) is 0 Å². The van der Waals surface area contributed by atoms with Gasteiger partial charge in [0.2, 0.25) is 0 Å². The number of anilines is 1. The number of methoxy groups -OCH3 is 1. The van der Waals surface area contributed by atoms with Crippen molar-refractivity contribution in [2.75, 3.05) is 32.2 Å². The first-order valence-corrected chi connectivity index (χ1v) is 12.9. The standard InChI is InChI=1S/C19H32FN3O7Si.FH/c1-19(2,3)31(5,6)29-11-12-15(24)14(20)16(30-12)23-8-7-13(21-17(23)25)22-18(26)28-10-9-27-4;/h7-8,12,14-16,24H,9-11H2,1-6H3,(H,21,22,25,26);1H/t12-,14?,15-,16-;/m1./s1. The molecule has 1 aromatic heterocycles. The molecule has 32 heavy (non-hydrogen) atoms. The quantitative estimate of drug-likeness (QED) is 0.428. The van der Waals surface area contributed by atoms with Crippen molar-refractivity contribution in [2.24, 2.45) is 0 Å². The van der Waals surface area contributed by atoms with Crippen LogP contribution in [0.1, 0.15) is 27.0 Å². The van der Waals surface area contributed by atoms with E-state index in [4.69, 9.17) is 18.6 Å². The van der Waals surface area contributed by atoms with Gasteiger partial charge in [-0.25, -0.2) is 14.0 Å². The summed E-state index contributed by atoms with van der Waals surface area (Å²) in [5, 5.41) is 12.5. The molecule has 0 aromatic carbocycles. The van der Waals surface area contributed by atoms with E-state index in [-0.39, 0.29) is 35.4 Å². The molecule has 0 radical (unpaired) electrons. The fourth-order valence-corrected chi connectivity index (χ4v) is 3.62. The van der Waals surface area contributed by atoms with Crippen LogP contribution in [0.5, 0.6) is 0 Å². The lowest BCUT2D eigenvalue weighted by Gasteiger charge is -2.37. The monoisotopic (exact) mass is 481 g/mol. The number of aliphatic hydroxyl groups is 1. The minimum absolute atomic E-state index is 0. The third kappa shape index (κ3) is 6.78. The zero-order chi connectivity index (χ0) is 23.4. The van der Waals surface area contributed by atoms with E-state index in [9.17, 15) is 19.1 Å². The second-order valence-corrected chi connectivity index (χ2v) is 13.6. The van der Waals surface area contributed by atoms with Crippen molar-refractivity contribution in [2.45, 2.75) is 63.5 Å². The average Bonchev–Trinajstić information content (AvgIpc) is 2.94. The summed E-state index contributed by atoms with van der Waals surface area (Å²) < 4.78 is 36.9. The lowest BCUT2D eigenvalue weighted by Crippen LogP contribution is -2.44. The number of halogens is 2. The summed E-state index contributed by atoms with van der Waals surface area (Å²) in [7, 11) is -0.661. The Morgan fingerprint density at radius 1 is 1.38 bits per heavy atom. The molecule has 1 saturated heterocycles. The van der Waals surface area contributed by atoms with Crippen LogP contribution >= 0.6 is 0 Å². The molecule has 10 nitrogen and oxygen atoms in total. The lowest BCUT2D eigenvalue weighted by molar-refractivity contribution is -0.0466. The predicted octanol–water partition coefficient (Wildman–Crippen LogP) is 2.21. The van der Waals surface area contributed by atoms with Crippen LogP contribution in [0.4, 0.5) is 19.7 Å². The summed E-state index contributed by atoms with van der Waals surface area (Å²) in [6, 6.07) is 1.31. The van der Waals surface area contributed by atoms with Crippen molar-refractivity contribution >= 4 is 20.2 Å². The van der Waals surface area contributed by atoms with Gasteiger partial charge in [-0.2, -0.15) is 4.98 Å². The summed E-state index contributed by atoms with van der Waals surface area (Å²) in [4.78, 5) is 27.7. The van der Waals surface area contributed by atoms with Gasteiger partial charge in [0.1, 0.15) is 24.6 Å². The van der Waals surface area contributed by atoms with E-state index in [0.717, 1.165) is 4.57 Å². The van der Waals surface area contributed by atoms with Crippen molar-refractivity contribution in [1.29, 1.82) is 0 Å². The van der Waals surface area contributed by atoms with Gasteiger partial charge in [0, 0.05) is 13.3 Å². The van der Waals surface area contributed by atoms with Crippen molar-refractivity contribution < 1.29 is 37.6 Å². The zero-order valence-electron chi connectivity index (χ0n) is 19.2. The lowest BCUT2D eigenvalue weighted by atomic mass is 10.1. The molecule has 2 heterocycles. The Kier molecular flexibility index (Phi) is 9.90. The number of amides is 1. The molecule has 13 heteroatoms. The van der Waals surface area contributed by atoms with Crippen LogP contribution in [0.25, 0.3) is 0 Å². The van der Waals surface area contributed by atoms with Crippen LogP contribution < -0.4 is 11.0 Å². The molecule has 0 spiro atoms. The number of aliphatic hydroxyl groups excluding tert-OH is 1. The van der Waals surface area contributed by atoms with Crippen LogP contribution in [0, 0.1) is 0 Å². The van der Waals surface area contributed by atoms with Gasteiger partial charge in [0.15, 0.2) is 20.7 Å². The minimum atomic E-state index is -2.13. The molecule has 2 N–H and O–H groups in total. The number of rotatable bonds is 8. The number of hydrogen-bond donors (Lipinski definition) is 2.